The molecule has 4 N–H and O–H groups in total. The van der Waals surface area contributed by atoms with Crippen molar-refractivity contribution in [1.29, 1.82) is 0 Å². The highest BCUT2D eigenvalue weighted by atomic mass is 19.4. The van der Waals surface area contributed by atoms with E-state index in [0.29, 0.717) is 13.3 Å². The van der Waals surface area contributed by atoms with Gasteiger partial charge in [-0.2, -0.15) is 13.2 Å². The lowest BCUT2D eigenvalue weighted by atomic mass is 9.76. The van der Waals surface area contributed by atoms with Crippen LogP contribution >= 0.6 is 0 Å². The van der Waals surface area contributed by atoms with Gasteiger partial charge in [-0.25, -0.2) is 4.79 Å². The topological polar surface area (TPSA) is 92.4 Å². The van der Waals surface area contributed by atoms with E-state index in [9.17, 15) is 22.8 Å². The second-order valence-electron chi connectivity index (χ2n) is 4.40. The second-order valence-corrected chi connectivity index (χ2v) is 4.40. The van der Waals surface area contributed by atoms with E-state index in [1.54, 1.807) is 0 Å². The van der Waals surface area contributed by atoms with Gasteiger partial charge in [0.1, 0.15) is 5.54 Å². The third kappa shape index (κ3) is 2.21. The molecule has 17 heavy (non-hydrogen) atoms. The molecule has 0 radical (unpaired) electrons. The summed E-state index contributed by atoms with van der Waals surface area (Å²) < 4.78 is 37.3. The minimum atomic E-state index is -4.93. The van der Waals surface area contributed by atoms with Crippen LogP contribution in [-0.2, 0) is 9.59 Å². The maximum Gasteiger partial charge on any atom is 0.415 e. The van der Waals surface area contributed by atoms with Gasteiger partial charge >= 0.3 is 12.1 Å². The average Bonchev–Trinajstić information content (AvgIpc) is 2.07. The molecule has 1 aliphatic rings. The fourth-order valence-electron chi connectivity index (χ4n) is 1.40. The third-order valence-corrected chi connectivity index (χ3v) is 3.03. The van der Waals surface area contributed by atoms with Gasteiger partial charge in [0.15, 0.2) is 5.54 Å². The van der Waals surface area contributed by atoms with Crippen LogP contribution in [0.3, 0.4) is 0 Å². The molecule has 1 amide bonds. The lowest BCUT2D eigenvalue weighted by Gasteiger charge is -2.40. The largest absolute Gasteiger partial charge is 0.480 e. The molecule has 0 aliphatic heterocycles. The molecule has 0 aromatic carbocycles. The maximum absolute atomic E-state index is 12.4. The summed E-state index contributed by atoms with van der Waals surface area (Å²) >= 11 is 0. The van der Waals surface area contributed by atoms with E-state index in [1.165, 1.54) is 0 Å². The van der Waals surface area contributed by atoms with Gasteiger partial charge in [-0.05, 0) is 26.2 Å². The first-order valence-corrected chi connectivity index (χ1v) is 4.94. The Balaban J connectivity index is 2.83. The summed E-state index contributed by atoms with van der Waals surface area (Å²) in [6, 6.07) is 0. The lowest BCUT2D eigenvalue weighted by molar-refractivity contribution is -0.190. The Kier molecular flexibility index (Phi) is 3.13. The standard InChI is InChI=1S/C9H13F3N2O3/c1-7(13,9(10,11)12)5(15)14-8(6(16)17)3-2-4-8/h2-4,13H2,1H3,(H,14,15)(H,16,17). The summed E-state index contributed by atoms with van der Waals surface area (Å²) in [6.07, 6.45) is -4.16. The summed E-state index contributed by atoms with van der Waals surface area (Å²) in [5.41, 5.74) is 0.207. The van der Waals surface area contributed by atoms with Crippen molar-refractivity contribution in [3.8, 4) is 0 Å². The van der Waals surface area contributed by atoms with E-state index in [1.807, 2.05) is 5.32 Å². The van der Waals surface area contributed by atoms with Gasteiger partial charge < -0.3 is 16.2 Å². The molecule has 0 aromatic heterocycles. The van der Waals surface area contributed by atoms with Crippen molar-refractivity contribution >= 4 is 11.9 Å². The molecule has 0 aromatic rings. The van der Waals surface area contributed by atoms with Crippen molar-refractivity contribution in [1.82, 2.24) is 5.32 Å². The normalized spacial score (nSPS) is 22.2. The van der Waals surface area contributed by atoms with Crippen LogP contribution in [-0.4, -0.2) is 34.2 Å². The van der Waals surface area contributed by atoms with E-state index in [0.717, 1.165) is 0 Å². The maximum atomic E-state index is 12.4. The molecule has 8 heteroatoms. The number of aliphatic carboxylic acids is 1. The third-order valence-electron chi connectivity index (χ3n) is 3.03. The van der Waals surface area contributed by atoms with E-state index in [-0.39, 0.29) is 12.8 Å². The Hall–Kier alpha value is -1.31. The Morgan fingerprint density at radius 3 is 2.06 bits per heavy atom. The van der Waals surface area contributed by atoms with Gasteiger partial charge in [-0.1, -0.05) is 0 Å². The van der Waals surface area contributed by atoms with Crippen LogP contribution in [0.4, 0.5) is 13.2 Å². The Morgan fingerprint density at radius 1 is 1.35 bits per heavy atom. The molecule has 1 rings (SSSR count). The number of nitrogens with two attached hydrogens (primary N) is 1. The number of carboxylic acids is 1. The summed E-state index contributed by atoms with van der Waals surface area (Å²) in [5, 5.41) is 10.8. The number of halogens is 3. The van der Waals surface area contributed by atoms with E-state index in [4.69, 9.17) is 10.8 Å². The molecule has 0 spiro atoms. The number of amides is 1. The first-order chi connectivity index (χ1) is 7.53. The van der Waals surface area contributed by atoms with Crippen LogP contribution in [0.15, 0.2) is 0 Å². The molecule has 0 saturated heterocycles. The predicted molar refractivity (Wildman–Crippen MR) is 51.0 cm³/mol. The van der Waals surface area contributed by atoms with Crippen molar-refractivity contribution in [3.63, 3.8) is 0 Å². The van der Waals surface area contributed by atoms with Crippen molar-refractivity contribution < 1.29 is 27.9 Å². The number of rotatable bonds is 3. The van der Waals surface area contributed by atoms with E-state index >= 15 is 0 Å². The number of hydrogen-bond acceptors (Lipinski definition) is 3. The van der Waals surface area contributed by atoms with Crippen LogP contribution < -0.4 is 11.1 Å². The Morgan fingerprint density at radius 2 is 1.82 bits per heavy atom. The number of carbonyl (C=O) groups excluding carboxylic acids is 1. The number of carbonyl (C=O) groups is 2. The monoisotopic (exact) mass is 254 g/mol. The number of hydrogen-bond donors (Lipinski definition) is 3. The number of nitrogens with one attached hydrogen (secondary N) is 1. The molecule has 1 saturated carbocycles. The van der Waals surface area contributed by atoms with Gasteiger partial charge in [0.25, 0.3) is 0 Å². The summed E-state index contributed by atoms with van der Waals surface area (Å²) in [7, 11) is 0. The SMILES string of the molecule is CC(N)(C(=O)NC1(C(=O)O)CCC1)C(F)(F)F. The van der Waals surface area contributed by atoms with Crippen molar-refractivity contribution in [2.45, 2.75) is 43.4 Å². The average molecular weight is 254 g/mol. The van der Waals surface area contributed by atoms with E-state index < -0.39 is 29.1 Å². The zero-order chi connectivity index (χ0) is 13.5. The molecule has 0 heterocycles. The first-order valence-electron chi connectivity index (χ1n) is 4.94. The Labute approximate surface area is 95.2 Å². The fraction of sp³-hybridized carbons (Fsp3) is 0.778. The zero-order valence-electron chi connectivity index (χ0n) is 9.10. The minimum absolute atomic E-state index is 0.113. The van der Waals surface area contributed by atoms with Gasteiger partial charge in [0.05, 0.1) is 0 Å². The number of alkyl halides is 3. The molecule has 1 fully saturated rings. The van der Waals surface area contributed by atoms with Crippen LogP contribution in [0.25, 0.3) is 0 Å². The van der Waals surface area contributed by atoms with Crippen LogP contribution in [0.5, 0.6) is 0 Å². The van der Waals surface area contributed by atoms with Crippen molar-refractivity contribution in [2.24, 2.45) is 5.73 Å². The van der Waals surface area contributed by atoms with Crippen LogP contribution in [0, 0.1) is 0 Å². The molecular weight excluding hydrogens is 241 g/mol. The first kappa shape index (κ1) is 13.8. The molecular formula is C9H13F3N2O3. The molecule has 1 aliphatic carbocycles. The van der Waals surface area contributed by atoms with Gasteiger partial charge in [0.2, 0.25) is 5.91 Å². The summed E-state index contributed by atoms with van der Waals surface area (Å²) in [4.78, 5) is 22.3. The zero-order valence-corrected chi connectivity index (χ0v) is 9.10. The predicted octanol–water partition coefficient (Wildman–Crippen LogP) is 0.390. The molecule has 1 unspecified atom stereocenters. The van der Waals surface area contributed by atoms with Gasteiger partial charge in [-0.15, -0.1) is 0 Å². The van der Waals surface area contributed by atoms with Gasteiger partial charge in [0, 0.05) is 0 Å². The quantitative estimate of drug-likeness (QED) is 0.679. The highest BCUT2D eigenvalue weighted by Crippen LogP contribution is 2.34. The molecule has 98 valence electrons. The van der Waals surface area contributed by atoms with Gasteiger partial charge in [-0.3, -0.25) is 4.79 Å². The highest BCUT2D eigenvalue weighted by Gasteiger charge is 2.57. The lowest BCUT2D eigenvalue weighted by Crippen LogP contribution is -2.68. The van der Waals surface area contributed by atoms with Crippen LogP contribution in [0.1, 0.15) is 26.2 Å². The van der Waals surface area contributed by atoms with Crippen LogP contribution in [0.2, 0.25) is 0 Å². The highest BCUT2D eigenvalue weighted by molar-refractivity contribution is 5.92. The smallest absolute Gasteiger partial charge is 0.415 e. The van der Waals surface area contributed by atoms with Crippen molar-refractivity contribution in [3.05, 3.63) is 0 Å². The molecule has 5 nitrogen and oxygen atoms in total. The summed E-state index contributed by atoms with van der Waals surface area (Å²) in [6.45, 7) is 0.510. The fourth-order valence-corrected chi connectivity index (χ4v) is 1.40. The van der Waals surface area contributed by atoms with Crippen molar-refractivity contribution in [2.75, 3.05) is 0 Å². The molecule has 0 bridgehead atoms. The summed E-state index contributed by atoms with van der Waals surface area (Å²) in [5.74, 6) is -2.86. The second kappa shape index (κ2) is 3.86. The van der Waals surface area contributed by atoms with E-state index in [2.05, 4.69) is 0 Å². The molecule has 1 atom stereocenters. The minimum Gasteiger partial charge on any atom is -0.480 e. The number of carboxylic acid groups (broad SMARTS) is 1. The Bertz CT molecular complexity index is 348.